The second kappa shape index (κ2) is 4.89. The Kier molecular flexibility index (Phi) is 4.11. The van der Waals surface area contributed by atoms with Crippen molar-refractivity contribution < 1.29 is 0 Å². The molecule has 0 aromatic heterocycles. The third-order valence-corrected chi connectivity index (χ3v) is 3.65. The zero-order valence-corrected chi connectivity index (χ0v) is 8.97. The largest absolute Gasteiger partial charge is 0.0654 e. The lowest BCUT2D eigenvalue weighted by atomic mass is 9.73. The van der Waals surface area contributed by atoms with Gasteiger partial charge >= 0.3 is 0 Å². The molecule has 0 aliphatic heterocycles. The smallest absolute Gasteiger partial charge is 0.0363 e. The molecule has 0 saturated heterocycles. The van der Waals surface area contributed by atoms with Crippen LogP contribution in [0.2, 0.25) is 0 Å². The highest BCUT2D eigenvalue weighted by atomic mass is 14.3. The number of hydrogen-bond acceptors (Lipinski definition) is 0. The minimum Gasteiger partial charge on any atom is -0.0654 e. The van der Waals surface area contributed by atoms with Crippen molar-refractivity contribution >= 4 is 0 Å². The molecule has 0 amide bonds. The Balaban J connectivity index is 2.36. The maximum Gasteiger partial charge on any atom is -0.0363 e. The lowest BCUT2D eigenvalue weighted by molar-refractivity contribution is 0.177. The molecule has 0 bridgehead atoms. The number of rotatable bonds is 3. The predicted molar refractivity (Wildman–Crippen MR) is 55.2 cm³/mol. The summed E-state index contributed by atoms with van der Waals surface area (Å²) in [4.78, 5) is 0. The Labute approximate surface area is 77.7 Å². The van der Waals surface area contributed by atoms with Crippen LogP contribution in [0.25, 0.3) is 0 Å². The van der Waals surface area contributed by atoms with Crippen molar-refractivity contribution in [2.75, 3.05) is 0 Å². The van der Waals surface area contributed by atoms with Gasteiger partial charge in [0.2, 0.25) is 0 Å². The van der Waals surface area contributed by atoms with Crippen LogP contribution in [0.3, 0.4) is 0 Å². The van der Waals surface area contributed by atoms with Gasteiger partial charge in [0.05, 0.1) is 0 Å². The first-order valence-corrected chi connectivity index (χ1v) is 5.75. The normalized spacial score (nSPS) is 33.2. The third-order valence-electron chi connectivity index (χ3n) is 3.65. The molecule has 1 aliphatic rings. The molecule has 0 heteroatoms. The molecule has 1 aliphatic carbocycles. The van der Waals surface area contributed by atoms with E-state index in [1.807, 2.05) is 0 Å². The molecule has 1 unspecified atom stereocenters. The standard InChI is InChI=1S/C12H24/c1-4-7-10(2)12-9-6-5-8-11(12)3/h10-12H,4-9H2,1-3H3/t10-,11+,12?/m1/s1. The topological polar surface area (TPSA) is 0 Å². The second-order valence-electron chi connectivity index (χ2n) is 4.69. The van der Waals surface area contributed by atoms with Gasteiger partial charge in [0.25, 0.3) is 0 Å². The fourth-order valence-electron chi connectivity index (χ4n) is 2.86. The Morgan fingerprint density at radius 3 is 2.50 bits per heavy atom. The van der Waals surface area contributed by atoms with Gasteiger partial charge in [-0.3, -0.25) is 0 Å². The van der Waals surface area contributed by atoms with E-state index in [-0.39, 0.29) is 0 Å². The first-order valence-electron chi connectivity index (χ1n) is 5.75. The van der Waals surface area contributed by atoms with Gasteiger partial charge in [0, 0.05) is 0 Å². The zero-order chi connectivity index (χ0) is 8.97. The minimum atomic E-state index is 0.977. The average Bonchev–Trinajstić information content (AvgIpc) is 2.05. The summed E-state index contributed by atoms with van der Waals surface area (Å²) in [6.07, 6.45) is 8.76. The fraction of sp³-hybridized carbons (Fsp3) is 1.00. The van der Waals surface area contributed by atoms with Crippen LogP contribution in [0, 0.1) is 17.8 Å². The van der Waals surface area contributed by atoms with Gasteiger partial charge in [-0.2, -0.15) is 0 Å². The molecule has 0 N–H and O–H groups in total. The van der Waals surface area contributed by atoms with E-state index in [0.29, 0.717) is 0 Å². The van der Waals surface area contributed by atoms with Crippen LogP contribution in [0.5, 0.6) is 0 Å². The molecule has 0 aromatic rings. The fourth-order valence-corrected chi connectivity index (χ4v) is 2.86. The van der Waals surface area contributed by atoms with Crippen LogP contribution in [0.4, 0.5) is 0 Å². The Morgan fingerprint density at radius 1 is 1.25 bits per heavy atom. The van der Waals surface area contributed by atoms with Gasteiger partial charge < -0.3 is 0 Å². The van der Waals surface area contributed by atoms with Crippen molar-refractivity contribution in [1.82, 2.24) is 0 Å². The van der Waals surface area contributed by atoms with Gasteiger partial charge in [-0.15, -0.1) is 0 Å². The highest BCUT2D eigenvalue weighted by Gasteiger charge is 2.25. The molecule has 1 fully saturated rings. The highest BCUT2D eigenvalue weighted by molar-refractivity contribution is 4.76. The molecule has 0 radical (unpaired) electrons. The Hall–Kier alpha value is 0. The molecule has 0 spiro atoms. The lowest BCUT2D eigenvalue weighted by Gasteiger charge is -2.33. The summed E-state index contributed by atoms with van der Waals surface area (Å²) in [6.45, 7) is 7.22. The molecule has 3 atom stereocenters. The Morgan fingerprint density at radius 2 is 1.92 bits per heavy atom. The molecule has 12 heavy (non-hydrogen) atoms. The molecular weight excluding hydrogens is 144 g/mol. The molecule has 0 heterocycles. The molecule has 1 rings (SSSR count). The van der Waals surface area contributed by atoms with Crippen LogP contribution in [0.15, 0.2) is 0 Å². The Bertz CT molecular complexity index is 117. The van der Waals surface area contributed by atoms with E-state index in [1.54, 1.807) is 0 Å². The van der Waals surface area contributed by atoms with Crippen molar-refractivity contribution in [2.45, 2.75) is 59.3 Å². The summed E-state index contributed by atoms with van der Waals surface area (Å²) < 4.78 is 0. The first-order chi connectivity index (χ1) is 5.75. The first kappa shape index (κ1) is 10.1. The predicted octanol–water partition coefficient (Wildman–Crippen LogP) is 4.25. The second-order valence-corrected chi connectivity index (χ2v) is 4.69. The maximum atomic E-state index is 2.45. The van der Waals surface area contributed by atoms with E-state index in [4.69, 9.17) is 0 Å². The van der Waals surface area contributed by atoms with Crippen molar-refractivity contribution in [3.63, 3.8) is 0 Å². The summed E-state index contributed by atoms with van der Waals surface area (Å²) in [5.74, 6) is 3.02. The molecular formula is C12H24. The van der Waals surface area contributed by atoms with E-state index < -0.39 is 0 Å². The van der Waals surface area contributed by atoms with E-state index >= 15 is 0 Å². The summed E-state index contributed by atoms with van der Waals surface area (Å²) >= 11 is 0. The van der Waals surface area contributed by atoms with Gasteiger partial charge in [0.15, 0.2) is 0 Å². The summed E-state index contributed by atoms with van der Waals surface area (Å²) in [5, 5.41) is 0. The third kappa shape index (κ3) is 2.50. The monoisotopic (exact) mass is 168 g/mol. The van der Waals surface area contributed by atoms with Crippen LogP contribution in [-0.4, -0.2) is 0 Å². The van der Waals surface area contributed by atoms with E-state index in [1.165, 1.54) is 38.5 Å². The maximum absolute atomic E-state index is 2.45. The van der Waals surface area contributed by atoms with Crippen molar-refractivity contribution in [3.8, 4) is 0 Å². The molecule has 1 saturated carbocycles. The average molecular weight is 168 g/mol. The van der Waals surface area contributed by atoms with Gasteiger partial charge in [-0.05, 0) is 24.2 Å². The van der Waals surface area contributed by atoms with Crippen molar-refractivity contribution in [1.29, 1.82) is 0 Å². The summed E-state index contributed by atoms with van der Waals surface area (Å²) in [5.41, 5.74) is 0. The molecule has 0 nitrogen and oxygen atoms in total. The summed E-state index contributed by atoms with van der Waals surface area (Å²) in [6, 6.07) is 0. The minimum absolute atomic E-state index is 0.977. The van der Waals surface area contributed by atoms with E-state index in [2.05, 4.69) is 20.8 Å². The quantitative estimate of drug-likeness (QED) is 0.591. The van der Waals surface area contributed by atoms with Crippen molar-refractivity contribution in [2.24, 2.45) is 17.8 Å². The molecule has 0 aromatic carbocycles. The van der Waals surface area contributed by atoms with Gasteiger partial charge in [0.1, 0.15) is 0 Å². The van der Waals surface area contributed by atoms with Crippen LogP contribution >= 0.6 is 0 Å². The molecule has 72 valence electrons. The van der Waals surface area contributed by atoms with Gasteiger partial charge in [-0.25, -0.2) is 0 Å². The van der Waals surface area contributed by atoms with Crippen LogP contribution < -0.4 is 0 Å². The van der Waals surface area contributed by atoms with Crippen LogP contribution in [-0.2, 0) is 0 Å². The van der Waals surface area contributed by atoms with Crippen molar-refractivity contribution in [3.05, 3.63) is 0 Å². The van der Waals surface area contributed by atoms with Crippen LogP contribution in [0.1, 0.15) is 59.3 Å². The highest BCUT2D eigenvalue weighted by Crippen LogP contribution is 2.36. The summed E-state index contributed by atoms with van der Waals surface area (Å²) in [7, 11) is 0. The zero-order valence-electron chi connectivity index (χ0n) is 8.97. The SMILES string of the molecule is CCC[C@@H](C)C1CCCC[C@@H]1C. The van der Waals surface area contributed by atoms with E-state index in [0.717, 1.165) is 17.8 Å². The van der Waals surface area contributed by atoms with E-state index in [9.17, 15) is 0 Å². The lowest BCUT2D eigenvalue weighted by Crippen LogP contribution is -2.23. The number of hydrogen-bond donors (Lipinski definition) is 0. The van der Waals surface area contributed by atoms with Gasteiger partial charge in [-0.1, -0.05) is 52.9 Å².